The van der Waals surface area contributed by atoms with Gasteiger partial charge in [0.15, 0.2) is 0 Å². The van der Waals surface area contributed by atoms with E-state index in [4.69, 9.17) is 44.9 Å². The number of aromatic hydroxyl groups is 2. The number of aryl methyl sites for hydroxylation is 1. The SMILES string of the molecule is Cc1ccccc1-c1nc2c(-c3cccc4ccccc34)cc(-c3cccc4c3oc3ccccc34)cc2s1.OB(O)c1cccc2ccccc12.Oc1ccccc1-c1nc2c(-c3cccc4ccccc34)cc(-c3cccc4c3oc3ccccc34)cc2s1.Oc1ccccc1-c1nc2c(Cl)cc(-c3cccc4c3oc3ccccc34)cc2s1. The lowest BCUT2D eigenvalue weighted by atomic mass is 9.77. The zero-order chi connectivity index (χ0) is 81.3. The van der Waals surface area contributed by atoms with Crippen molar-refractivity contribution in [1.82, 2.24) is 15.0 Å². The maximum Gasteiger partial charge on any atom is 0.489 e. The third kappa shape index (κ3) is 13.6. The Morgan fingerprint density at radius 1 is 0.273 bits per heavy atom. The molecule has 0 saturated heterocycles. The summed E-state index contributed by atoms with van der Waals surface area (Å²) in [5.41, 5.74) is 23.3. The molecule has 0 spiro atoms. The van der Waals surface area contributed by atoms with E-state index in [1.165, 1.54) is 54.3 Å². The molecule has 0 fully saturated rings. The summed E-state index contributed by atoms with van der Waals surface area (Å²) < 4.78 is 22.2. The molecule has 0 amide bonds. The van der Waals surface area contributed by atoms with Crippen LogP contribution in [-0.2, 0) is 0 Å². The maximum atomic E-state index is 10.6. The van der Waals surface area contributed by atoms with E-state index >= 15 is 0 Å². The Kier molecular flexibility index (Phi) is 19.1. The van der Waals surface area contributed by atoms with Gasteiger partial charge in [-0.15, -0.1) is 34.0 Å². The van der Waals surface area contributed by atoms with E-state index in [1.54, 1.807) is 46.9 Å². The molecule has 24 aromatic rings. The van der Waals surface area contributed by atoms with Crippen LogP contribution >= 0.6 is 45.6 Å². The van der Waals surface area contributed by atoms with E-state index in [0.29, 0.717) is 16.0 Å². The van der Waals surface area contributed by atoms with E-state index in [1.807, 2.05) is 133 Å². The van der Waals surface area contributed by atoms with E-state index in [9.17, 15) is 10.2 Å². The highest BCUT2D eigenvalue weighted by molar-refractivity contribution is 7.22. The number of hydrogen-bond donors (Lipinski definition) is 4. The summed E-state index contributed by atoms with van der Waals surface area (Å²) in [6.45, 7) is 2.15. The zero-order valence-electron chi connectivity index (χ0n) is 64.7. The smallest absolute Gasteiger partial charge is 0.489 e. The second-order valence-electron chi connectivity index (χ2n) is 29.8. The molecule has 0 aliphatic rings. The number of nitrogens with zero attached hydrogens (tertiary/aromatic N) is 3. The lowest BCUT2D eigenvalue weighted by molar-refractivity contribution is 0.426. The van der Waals surface area contributed by atoms with Crippen LogP contribution in [-0.4, -0.2) is 42.3 Å². The standard InChI is InChI=1S/C36H23NOS.C35H21NO2S.C25H14ClNO2S.C10H9BO2/c1-22-10-2-4-13-25(22)36-37-34-31(28-17-8-12-23-11-3-5-14-26(23)28)20-24(21-33(34)39-36)27-16-9-18-30-29-15-6-7-19-32(29)38-35(27)30;37-30-17-5-3-13-28(30)35-36-33-29(25-15-7-10-21-9-1-2-11-23(21)25)19-22(20-32(33)39-35)24-14-8-16-27-26-12-4-6-18-31(26)38-34(24)27;26-19-12-14(13-22-23(19)27-25(30-22)18-7-1-3-10-20(18)28)15-8-5-9-17-16-6-2-4-11-21(16)29-24(15)17;12-11(13)10-7-3-5-8-4-1-2-6-9(8)10/h2-21H,1H3;1-20,37H;1-13,28H;1-7,12-13H. The molecule has 4 N–H and O–H groups in total. The molecule has 24 rings (SSSR count). The molecule has 0 aliphatic carbocycles. The van der Waals surface area contributed by atoms with Gasteiger partial charge in [-0.1, -0.05) is 297 Å². The van der Waals surface area contributed by atoms with Crippen molar-refractivity contribution in [2.45, 2.75) is 6.92 Å². The summed E-state index contributed by atoms with van der Waals surface area (Å²) in [7, 11) is -1.40. The van der Waals surface area contributed by atoms with Crippen LogP contribution in [0.2, 0.25) is 5.02 Å². The molecule has 0 radical (unpaired) electrons. The van der Waals surface area contributed by atoms with Crippen LogP contribution in [0.4, 0.5) is 0 Å². The highest BCUT2D eigenvalue weighted by Gasteiger charge is 2.24. The minimum absolute atomic E-state index is 0.208. The van der Waals surface area contributed by atoms with Crippen molar-refractivity contribution >= 4 is 187 Å². The molecular formula is C106H67BClN3O7S3. The average Bonchev–Trinajstić information content (AvgIpc) is 1.64. The fraction of sp³-hybridized carbons (Fsp3) is 0.00943. The average molecular weight is 1640 g/mol. The topological polar surface area (TPSA) is 159 Å². The predicted octanol–water partition coefficient (Wildman–Crippen LogP) is 29.1. The molecule has 576 valence electrons. The number of thiazole rings is 3. The summed E-state index contributed by atoms with van der Waals surface area (Å²) in [4.78, 5) is 15.0. The van der Waals surface area contributed by atoms with E-state index < -0.39 is 7.12 Å². The second-order valence-corrected chi connectivity index (χ2v) is 33.3. The predicted molar refractivity (Wildman–Crippen MR) is 506 cm³/mol. The summed E-state index contributed by atoms with van der Waals surface area (Å²) >= 11 is 11.5. The maximum absolute atomic E-state index is 10.6. The molecular weight excluding hydrogens is 1570 g/mol. The monoisotopic (exact) mass is 1640 g/mol. The van der Waals surface area contributed by atoms with Crippen LogP contribution in [0.3, 0.4) is 0 Å². The molecule has 10 nitrogen and oxygen atoms in total. The fourth-order valence-corrected chi connectivity index (χ4v) is 20.3. The summed E-state index contributed by atoms with van der Waals surface area (Å²) in [6.07, 6.45) is 0. The van der Waals surface area contributed by atoms with Gasteiger partial charge in [-0.3, -0.25) is 0 Å². The number of benzene rings is 18. The third-order valence-electron chi connectivity index (χ3n) is 22.5. The summed E-state index contributed by atoms with van der Waals surface area (Å²) in [6, 6.07) is 123. The lowest BCUT2D eigenvalue weighted by Gasteiger charge is -2.11. The molecule has 0 bridgehead atoms. The first kappa shape index (κ1) is 74.2. The molecule has 15 heteroatoms. The second kappa shape index (κ2) is 31.2. The van der Waals surface area contributed by atoms with Crippen LogP contribution in [0.25, 0.3) is 216 Å². The molecule has 0 saturated carbocycles. The van der Waals surface area contributed by atoms with Crippen molar-refractivity contribution in [3.8, 4) is 98.8 Å². The molecule has 6 heterocycles. The number of aromatic nitrogens is 3. The first-order valence-electron chi connectivity index (χ1n) is 39.6. The number of furan rings is 3. The highest BCUT2D eigenvalue weighted by Crippen LogP contribution is 2.49. The largest absolute Gasteiger partial charge is 0.507 e. The van der Waals surface area contributed by atoms with Crippen molar-refractivity contribution in [1.29, 1.82) is 0 Å². The van der Waals surface area contributed by atoms with Gasteiger partial charge >= 0.3 is 7.12 Å². The molecule has 6 aromatic heterocycles. The Morgan fingerprint density at radius 2 is 0.579 bits per heavy atom. The van der Waals surface area contributed by atoms with E-state index in [2.05, 4.69) is 218 Å². The number of phenols is 2. The Hall–Kier alpha value is -14.3. The number of halogens is 1. The molecule has 18 aromatic carbocycles. The highest BCUT2D eigenvalue weighted by atomic mass is 35.5. The van der Waals surface area contributed by atoms with Gasteiger partial charge in [0.2, 0.25) is 0 Å². The van der Waals surface area contributed by atoms with E-state index in [0.717, 1.165) is 173 Å². The van der Waals surface area contributed by atoms with E-state index in [-0.39, 0.29) is 11.5 Å². The van der Waals surface area contributed by atoms with Crippen LogP contribution < -0.4 is 5.46 Å². The van der Waals surface area contributed by atoms with Gasteiger partial charge in [0.05, 0.1) is 41.3 Å². The van der Waals surface area contributed by atoms with Gasteiger partial charge in [0.25, 0.3) is 0 Å². The van der Waals surface area contributed by atoms with Crippen LogP contribution in [0.1, 0.15) is 5.56 Å². The Morgan fingerprint density at radius 3 is 1.02 bits per heavy atom. The minimum atomic E-state index is -1.40. The van der Waals surface area contributed by atoms with Gasteiger partial charge in [-0.25, -0.2) is 15.0 Å². The molecule has 0 atom stereocenters. The van der Waals surface area contributed by atoms with Crippen molar-refractivity contribution < 1.29 is 33.5 Å². The number of fused-ring (bicyclic) bond motifs is 15. The van der Waals surface area contributed by atoms with Gasteiger partial charge < -0.3 is 33.5 Å². The number of phenolic OH excluding ortho intramolecular Hbond substituents is 2. The Bertz CT molecular complexity index is 7870. The quantitative estimate of drug-likeness (QED) is 0.103. The Labute approximate surface area is 710 Å². The Balaban J connectivity index is 0.000000105. The summed E-state index contributed by atoms with van der Waals surface area (Å²) in [5.74, 6) is 0.440. The van der Waals surface area contributed by atoms with Gasteiger partial charge in [-0.2, -0.15) is 0 Å². The van der Waals surface area contributed by atoms with Crippen molar-refractivity contribution in [2.24, 2.45) is 0 Å². The zero-order valence-corrected chi connectivity index (χ0v) is 67.9. The van der Waals surface area contributed by atoms with Crippen molar-refractivity contribution in [3.05, 3.63) is 375 Å². The summed E-state index contributed by atoms with van der Waals surface area (Å²) in [5, 5.41) is 55.5. The third-order valence-corrected chi connectivity index (χ3v) is 25.9. The molecule has 0 unspecified atom stereocenters. The van der Waals surface area contributed by atoms with Gasteiger partial charge in [0, 0.05) is 65.7 Å². The van der Waals surface area contributed by atoms with Crippen LogP contribution in [0.15, 0.2) is 377 Å². The van der Waals surface area contributed by atoms with Gasteiger partial charge in [-0.05, 0) is 157 Å². The first-order valence-corrected chi connectivity index (χ1v) is 42.4. The number of hydrogen-bond acceptors (Lipinski definition) is 13. The number of para-hydroxylation sites is 8. The minimum Gasteiger partial charge on any atom is -0.507 e. The van der Waals surface area contributed by atoms with Crippen molar-refractivity contribution in [3.63, 3.8) is 0 Å². The van der Waals surface area contributed by atoms with Crippen LogP contribution in [0, 0.1) is 6.92 Å². The normalized spacial score (nSPS) is 11.5. The first-order chi connectivity index (χ1) is 59.5. The van der Waals surface area contributed by atoms with Crippen molar-refractivity contribution in [2.75, 3.05) is 0 Å². The van der Waals surface area contributed by atoms with Crippen LogP contribution in [0.5, 0.6) is 11.5 Å². The molecule has 0 aliphatic heterocycles. The fourth-order valence-electron chi connectivity index (χ4n) is 16.7. The molecule has 121 heavy (non-hydrogen) atoms. The number of rotatable bonds is 9. The van der Waals surface area contributed by atoms with Gasteiger partial charge in [0.1, 0.15) is 65.5 Å². The lowest BCUT2D eigenvalue weighted by Crippen LogP contribution is -2.30.